The van der Waals surface area contributed by atoms with E-state index in [1.807, 2.05) is 6.92 Å². The first-order valence-corrected chi connectivity index (χ1v) is 7.65. The molecule has 1 heterocycles. The van der Waals surface area contributed by atoms with Crippen molar-refractivity contribution in [3.05, 3.63) is 0 Å². The highest BCUT2D eigenvalue weighted by Crippen LogP contribution is 2.21. The summed E-state index contributed by atoms with van der Waals surface area (Å²) in [7, 11) is -2.94. The maximum Gasteiger partial charge on any atom is 0.161 e. The van der Waals surface area contributed by atoms with Gasteiger partial charge in [-0.1, -0.05) is 6.92 Å². The zero-order chi connectivity index (χ0) is 12.2. The summed E-state index contributed by atoms with van der Waals surface area (Å²) in [5.41, 5.74) is 0. The second-order valence-corrected chi connectivity index (χ2v) is 6.79. The van der Waals surface area contributed by atoms with Crippen LogP contribution in [-0.2, 0) is 19.4 Å². The van der Waals surface area contributed by atoms with Gasteiger partial charge in [0.15, 0.2) is 5.78 Å². The molecule has 0 amide bonds. The van der Waals surface area contributed by atoms with Gasteiger partial charge in [-0.2, -0.15) is 0 Å². The highest BCUT2D eigenvalue weighted by atomic mass is 32.2. The summed E-state index contributed by atoms with van der Waals surface area (Å²) in [4.78, 5) is 11.6. The number of hydrogen-bond acceptors (Lipinski definition) is 4. The van der Waals surface area contributed by atoms with Crippen molar-refractivity contribution in [2.45, 2.75) is 51.7 Å². The Morgan fingerprint density at radius 3 is 2.56 bits per heavy atom. The van der Waals surface area contributed by atoms with Crippen molar-refractivity contribution >= 4 is 15.6 Å². The molecule has 1 saturated heterocycles. The molecule has 1 aliphatic rings. The molecule has 0 saturated carbocycles. The van der Waals surface area contributed by atoms with E-state index in [-0.39, 0.29) is 29.5 Å². The van der Waals surface area contributed by atoms with Gasteiger partial charge in [0.1, 0.15) is 15.9 Å². The number of sulfone groups is 1. The van der Waals surface area contributed by atoms with Crippen LogP contribution in [0, 0.1) is 0 Å². The van der Waals surface area contributed by atoms with Gasteiger partial charge >= 0.3 is 0 Å². The molecule has 1 fully saturated rings. The molecule has 0 bridgehead atoms. The van der Waals surface area contributed by atoms with Gasteiger partial charge in [-0.05, 0) is 26.2 Å². The number of Topliss-reactive ketones (excluding diaryl/α,β-unsaturated/α-hetero) is 1. The lowest BCUT2D eigenvalue weighted by atomic mass is 10.1. The molecule has 0 radical (unpaired) electrons. The second-order valence-electron chi connectivity index (χ2n) is 4.32. The van der Waals surface area contributed by atoms with Crippen molar-refractivity contribution in [1.82, 2.24) is 0 Å². The van der Waals surface area contributed by atoms with Crippen molar-refractivity contribution in [3.63, 3.8) is 0 Å². The first kappa shape index (κ1) is 13.6. The monoisotopic (exact) mass is 248 g/mol. The van der Waals surface area contributed by atoms with Gasteiger partial charge in [0.25, 0.3) is 0 Å². The number of hydrogen-bond donors (Lipinski definition) is 0. The van der Waals surface area contributed by atoms with Gasteiger partial charge in [-0.25, -0.2) is 8.42 Å². The van der Waals surface area contributed by atoms with Crippen LogP contribution in [0.15, 0.2) is 0 Å². The van der Waals surface area contributed by atoms with E-state index in [1.54, 1.807) is 6.92 Å². The van der Waals surface area contributed by atoms with Crippen molar-refractivity contribution in [2.24, 2.45) is 0 Å². The Morgan fingerprint density at radius 1 is 1.38 bits per heavy atom. The number of rotatable bonds is 6. The van der Waals surface area contributed by atoms with E-state index >= 15 is 0 Å². The van der Waals surface area contributed by atoms with Crippen molar-refractivity contribution in [1.29, 1.82) is 0 Å². The Hall–Kier alpha value is -0.420. The third-order valence-electron chi connectivity index (χ3n) is 2.91. The Bertz CT molecular complexity index is 334. The van der Waals surface area contributed by atoms with E-state index in [9.17, 15) is 13.2 Å². The minimum Gasteiger partial charge on any atom is -0.368 e. The highest BCUT2D eigenvalue weighted by molar-refractivity contribution is 7.91. The Labute approximate surface area is 97.3 Å². The summed E-state index contributed by atoms with van der Waals surface area (Å²) in [5.74, 6) is 0.311. The molecule has 2 unspecified atom stereocenters. The largest absolute Gasteiger partial charge is 0.368 e. The molecule has 94 valence electrons. The average Bonchev–Trinajstić information content (AvgIpc) is 2.64. The van der Waals surface area contributed by atoms with Crippen LogP contribution in [0.3, 0.4) is 0 Å². The van der Waals surface area contributed by atoms with E-state index in [4.69, 9.17) is 4.74 Å². The van der Waals surface area contributed by atoms with Crippen LogP contribution in [0.5, 0.6) is 0 Å². The van der Waals surface area contributed by atoms with Crippen LogP contribution in [0.2, 0.25) is 0 Å². The lowest BCUT2D eigenvalue weighted by Crippen LogP contribution is -2.21. The molecule has 5 heteroatoms. The number of carbonyl (C=O) groups excluding carboxylic acids is 1. The molecule has 1 rings (SSSR count). The zero-order valence-corrected chi connectivity index (χ0v) is 10.8. The van der Waals surface area contributed by atoms with Gasteiger partial charge in [0, 0.05) is 12.2 Å². The molecule has 0 aromatic rings. The van der Waals surface area contributed by atoms with Crippen LogP contribution in [0.25, 0.3) is 0 Å². The van der Waals surface area contributed by atoms with Crippen molar-refractivity contribution in [3.8, 4) is 0 Å². The van der Waals surface area contributed by atoms with Crippen LogP contribution in [0.4, 0.5) is 0 Å². The average molecular weight is 248 g/mol. The summed E-state index contributed by atoms with van der Waals surface area (Å²) in [6.07, 6.45) is 2.30. The Kier molecular flexibility index (Phi) is 4.92. The molecule has 0 aromatic heterocycles. The molecular weight excluding hydrogens is 228 g/mol. The van der Waals surface area contributed by atoms with E-state index in [0.717, 1.165) is 12.8 Å². The number of carbonyl (C=O) groups is 1. The van der Waals surface area contributed by atoms with E-state index in [1.165, 1.54) is 0 Å². The summed E-state index contributed by atoms with van der Waals surface area (Å²) in [6.45, 7) is 3.58. The van der Waals surface area contributed by atoms with Gasteiger partial charge in [-0.15, -0.1) is 0 Å². The third-order valence-corrected chi connectivity index (χ3v) is 4.70. The molecule has 1 aliphatic heterocycles. The van der Waals surface area contributed by atoms with Crippen LogP contribution in [0.1, 0.15) is 39.5 Å². The molecule has 2 atom stereocenters. The smallest absolute Gasteiger partial charge is 0.161 e. The van der Waals surface area contributed by atoms with Gasteiger partial charge < -0.3 is 4.74 Å². The van der Waals surface area contributed by atoms with E-state index in [2.05, 4.69) is 0 Å². The third kappa shape index (κ3) is 4.22. The topological polar surface area (TPSA) is 60.4 Å². The van der Waals surface area contributed by atoms with Crippen molar-refractivity contribution in [2.75, 3.05) is 11.5 Å². The summed E-state index contributed by atoms with van der Waals surface area (Å²) >= 11 is 0. The minimum absolute atomic E-state index is 0.0515. The lowest BCUT2D eigenvalue weighted by Gasteiger charge is -2.09. The molecule has 0 aliphatic carbocycles. The minimum atomic E-state index is -2.94. The lowest BCUT2D eigenvalue weighted by molar-refractivity contribution is -0.129. The Morgan fingerprint density at radius 2 is 2.06 bits per heavy atom. The van der Waals surface area contributed by atoms with Crippen molar-refractivity contribution < 1.29 is 17.9 Å². The van der Waals surface area contributed by atoms with Gasteiger partial charge in [0.05, 0.1) is 11.9 Å². The predicted molar refractivity (Wildman–Crippen MR) is 62.1 cm³/mol. The fourth-order valence-corrected chi connectivity index (χ4v) is 2.68. The molecule has 16 heavy (non-hydrogen) atoms. The second kappa shape index (κ2) is 5.77. The summed E-state index contributed by atoms with van der Waals surface area (Å²) in [6, 6.07) is 0. The van der Waals surface area contributed by atoms with E-state index < -0.39 is 9.84 Å². The molecule has 0 aromatic carbocycles. The summed E-state index contributed by atoms with van der Waals surface area (Å²) < 4.78 is 27.9. The maximum absolute atomic E-state index is 11.6. The molecular formula is C11H20O4S. The number of ether oxygens (including phenoxy) is 1. The fourth-order valence-electron chi connectivity index (χ4n) is 1.81. The van der Waals surface area contributed by atoms with Gasteiger partial charge in [-0.3, -0.25) is 4.79 Å². The van der Waals surface area contributed by atoms with Crippen LogP contribution in [-0.4, -0.2) is 37.9 Å². The first-order chi connectivity index (χ1) is 7.44. The van der Waals surface area contributed by atoms with Gasteiger partial charge in [0.2, 0.25) is 0 Å². The normalized spacial score (nSPS) is 25.9. The fraction of sp³-hybridized carbons (Fsp3) is 0.909. The molecule has 4 nitrogen and oxygen atoms in total. The van der Waals surface area contributed by atoms with Crippen LogP contribution < -0.4 is 0 Å². The maximum atomic E-state index is 11.6. The van der Waals surface area contributed by atoms with E-state index in [0.29, 0.717) is 12.8 Å². The summed E-state index contributed by atoms with van der Waals surface area (Å²) in [5, 5.41) is 0. The van der Waals surface area contributed by atoms with Crippen LogP contribution >= 0.6 is 0 Å². The SMILES string of the molecule is CCS(=O)(=O)CCCC(=O)C1CCC(C)O1. The molecule has 0 spiro atoms. The number of ketones is 1. The standard InChI is InChI=1S/C11H20O4S/c1-3-16(13,14)8-4-5-10(12)11-7-6-9(2)15-11/h9,11H,3-8H2,1-2H3. The molecule has 0 N–H and O–H groups in total. The zero-order valence-electron chi connectivity index (χ0n) is 9.94. The quantitative estimate of drug-likeness (QED) is 0.711. The first-order valence-electron chi connectivity index (χ1n) is 5.83. The Balaban J connectivity index is 2.26. The predicted octanol–water partition coefficient (Wildman–Crippen LogP) is 1.34. The highest BCUT2D eigenvalue weighted by Gasteiger charge is 2.27.